The van der Waals surface area contributed by atoms with Crippen LogP contribution in [-0.4, -0.2) is 71.1 Å². The van der Waals surface area contributed by atoms with Gasteiger partial charge in [-0.3, -0.25) is 9.69 Å². The molecular formula is C19H21BrN2O6S. The van der Waals surface area contributed by atoms with E-state index in [1.54, 1.807) is 7.11 Å². The molecule has 2 aromatic rings. The maximum Gasteiger partial charge on any atom is 0.414 e. The van der Waals surface area contributed by atoms with Gasteiger partial charge in [0.1, 0.15) is 5.75 Å². The van der Waals surface area contributed by atoms with E-state index in [-0.39, 0.29) is 5.91 Å². The van der Waals surface area contributed by atoms with E-state index in [9.17, 15) is 4.79 Å². The Balaban J connectivity index is 0.000000438. The van der Waals surface area contributed by atoms with Gasteiger partial charge in [-0.15, -0.1) is 11.3 Å². The largest absolute Gasteiger partial charge is 0.496 e. The lowest BCUT2D eigenvalue weighted by atomic mass is 10.1. The molecule has 0 aliphatic carbocycles. The van der Waals surface area contributed by atoms with Gasteiger partial charge in [-0.25, -0.2) is 9.59 Å². The highest BCUT2D eigenvalue weighted by Crippen LogP contribution is 2.25. The number of ether oxygens (including phenoxy) is 1. The Kier molecular flexibility index (Phi) is 8.62. The van der Waals surface area contributed by atoms with Gasteiger partial charge in [0.2, 0.25) is 0 Å². The van der Waals surface area contributed by atoms with E-state index in [0.717, 1.165) is 47.8 Å². The molecule has 1 aliphatic rings. The summed E-state index contributed by atoms with van der Waals surface area (Å²) in [5, 5.41) is 16.7. The van der Waals surface area contributed by atoms with Crippen molar-refractivity contribution in [2.24, 2.45) is 0 Å². The molecule has 10 heteroatoms. The number of nitrogens with zero attached hydrogens (tertiary/aromatic N) is 2. The van der Waals surface area contributed by atoms with Crippen LogP contribution in [0.2, 0.25) is 0 Å². The summed E-state index contributed by atoms with van der Waals surface area (Å²) in [5.74, 6) is -2.59. The van der Waals surface area contributed by atoms with Crippen LogP contribution in [0.3, 0.4) is 0 Å². The number of hydrogen-bond acceptors (Lipinski definition) is 6. The first-order chi connectivity index (χ1) is 13.8. The SMILES string of the molecule is COc1ccc(Br)cc1CN1CCN(C(=O)c2cccs2)CC1.O=C(O)C(=O)O. The van der Waals surface area contributed by atoms with Gasteiger partial charge >= 0.3 is 11.9 Å². The summed E-state index contributed by atoms with van der Waals surface area (Å²) in [6.45, 7) is 4.14. The van der Waals surface area contributed by atoms with E-state index in [4.69, 9.17) is 24.5 Å². The molecule has 0 bridgehead atoms. The van der Waals surface area contributed by atoms with Crippen LogP contribution >= 0.6 is 27.3 Å². The molecule has 0 unspecified atom stereocenters. The second-order valence-electron chi connectivity index (χ2n) is 6.11. The highest BCUT2D eigenvalue weighted by atomic mass is 79.9. The zero-order valence-electron chi connectivity index (χ0n) is 15.7. The number of benzene rings is 1. The number of carbonyl (C=O) groups excluding carboxylic acids is 1. The number of carboxylic acids is 2. The molecule has 29 heavy (non-hydrogen) atoms. The van der Waals surface area contributed by atoms with Crippen LogP contribution in [0.15, 0.2) is 40.2 Å². The minimum absolute atomic E-state index is 0.152. The van der Waals surface area contributed by atoms with Crippen molar-refractivity contribution in [1.82, 2.24) is 9.80 Å². The molecule has 3 rings (SSSR count). The zero-order valence-corrected chi connectivity index (χ0v) is 18.1. The predicted molar refractivity (Wildman–Crippen MR) is 111 cm³/mol. The van der Waals surface area contributed by atoms with Gasteiger partial charge in [0.15, 0.2) is 0 Å². The normalized spacial score (nSPS) is 13.9. The number of methoxy groups -OCH3 is 1. The van der Waals surface area contributed by atoms with Gasteiger partial charge in [0, 0.05) is 42.8 Å². The second kappa shape index (κ2) is 10.9. The summed E-state index contributed by atoms with van der Waals surface area (Å²) in [6, 6.07) is 9.89. The Labute approximate surface area is 180 Å². The number of amides is 1. The lowest BCUT2D eigenvalue weighted by Crippen LogP contribution is -2.48. The van der Waals surface area contributed by atoms with Crippen LogP contribution in [0.1, 0.15) is 15.2 Å². The van der Waals surface area contributed by atoms with Crippen molar-refractivity contribution in [2.75, 3.05) is 33.3 Å². The molecule has 1 aromatic heterocycles. The number of halogens is 1. The summed E-state index contributed by atoms with van der Waals surface area (Å²) in [7, 11) is 1.70. The quantitative estimate of drug-likeness (QED) is 0.642. The van der Waals surface area contributed by atoms with Gasteiger partial charge in [0.25, 0.3) is 5.91 Å². The molecule has 156 valence electrons. The van der Waals surface area contributed by atoms with E-state index in [1.807, 2.05) is 34.5 Å². The number of rotatable bonds is 4. The molecule has 2 N–H and O–H groups in total. The molecule has 0 saturated carbocycles. The average molecular weight is 485 g/mol. The Morgan fingerprint density at radius 1 is 1.10 bits per heavy atom. The smallest absolute Gasteiger partial charge is 0.414 e. The maximum atomic E-state index is 12.4. The first-order valence-corrected chi connectivity index (χ1v) is 10.3. The van der Waals surface area contributed by atoms with Crippen molar-refractivity contribution in [3.05, 3.63) is 50.6 Å². The highest BCUT2D eigenvalue weighted by molar-refractivity contribution is 9.10. The monoisotopic (exact) mass is 484 g/mol. The molecule has 0 atom stereocenters. The molecule has 0 spiro atoms. The third-order valence-corrected chi connectivity index (χ3v) is 5.56. The Morgan fingerprint density at radius 3 is 2.28 bits per heavy atom. The fraction of sp³-hybridized carbons (Fsp3) is 0.316. The van der Waals surface area contributed by atoms with Gasteiger partial charge < -0.3 is 19.8 Å². The molecule has 1 fully saturated rings. The van der Waals surface area contributed by atoms with Crippen LogP contribution in [-0.2, 0) is 16.1 Å². The molecule has 1 amide bonds. The van der Waals surface area contributed by atoms with Crippen LogP contribution in [0, 0.1) is 0 Å². The van der Waals surface area contributed by atoms with Gasteiger partial charge in [0.05, 0.1) is 12.0 Å². The first-order valence-electron chi connectivity index (χ1n) is 8.65. The number of carbonyl (C=O) groups is 3. The maximum absolute atomic E-state index is 12.4. The number of carboxylic acid groups (broad SMARTS) is 2. The van der Waals surface area contributed by atoms with Gasteiger partial charge in [-0.05, 0) is 29.6 Å². The van der Waals surface area contributed by atoms with E-state index < -0.39 is 11.9 Å². The fourth-order valence-corrected chi connectivity index (χ4v) is 3.88. The summed E-state index contributed by atoms with van der Waals surface area (Å²) in [6.07, 6.45) is 0. The van der Waals surface area contributed by atoms with Gasteiger partial charge in [-0.1, -0.05) is 22.0 Å². The van der Waals surface area contributed by atoms with E-state index in [2.05, 4.69) is 26.9 Å². The fourth-order valence-electron chi connectivity index (χ4n) is 2.78. The molecular weight excluding hydrogens is 464 g/mol. The summed E-state index contributed by atoms with van der Waals surface area (Å²) >= 11 is 5.02. The third kappa shape index (κ3) is 6.84. The van der Waals surface area contributed by atoms with Crippen LogP contribution in [0.5, 0.6) is 5.75 Å². The average Bonchev–Trinajstić information content (AvgIpc) is 3.23. The molecule has 1 aromatic carbocycles. The van der Waals surface area contributed by atoms with Crippen molar-refractivity contribution in [3.63, 3.8) is 0 Å². The van der Waals surface area contributed by atoms with Gasteiger partial charge in [-0.2, -0.15) is 0 Å². The van der Waals surface area contributed by atoms with Crippen molar-refractivity contribution < 1.29 is 29.3 Å². The van der Waals surface area contributed by atoms with E-state index in [0.29, 0.717) is 0 Å². The number of thiophene rings is 1. The minimum Gasteiger partial charge on any atom is -0.496 e. The second-order valence-corrected chi connectivity index (χ2v) is 7.98. The van der Waals surface area contributed by atoms with Crippen LogP contribution in [0.4, 0.5) is 0 Å². The van der Waals surface area contributed by atoms with Crippen LogP contribution in [0.25, 0.3) is 0 Å². The Morgan fingerprint density at radius 2 is 1.76 bits per heavy atom. The predicted octanol–water partition coefficient (Wildman–Crippen LogP) is 2.63. The summed E-state index contributed by atoms with van der Waals surface area (Å²) in [5.41, 5.74) is 1.17. The highest BCUT2D eigenvalue weighted by Gasteiger charge is 2.23. The molecule has 2 heterocycles. The van der Waals surface area contributed by atoms with Crippen molar-refractivity contribution >= 4 is 45.1 Å². The third-order valence-electron chi connectivity index (χ3n) is 4.21. The van der Waals surface area contributed by atoms with Crippen molar-refractivity contribution in [2.45, 2.75) is 6.54 Å². The number of hydrogen-bond donors (Lipinski definition) is 2. The number of aliphatic carboxylic acids is 2. The number of piperazine rings is 1. The van der Waals surface area contributed by atoms with E-state index in [1.165, 1.54) is 16.9 Å². The summed E-state index contributed by atoms with van der Waals surface area (Å²) in [4.78, 5) is 35.7. The lowest BCUT2D eigenvalue weighted by molar-refractivity contribution is -0.159. The van der Waals surface area contributed by atoms with Crippen molar-refractivity contribution in [1.29, 1.82) is 0 Å². The molecule has 1 saturated heterocycles. The van der Waals surface area contributed by atoms with Crippen molar-refractivity contribution in [3.8, 4) is 5.75 Å². The minimum atomic E-state index is -1.82. The first kappa shape index (κ1) is 22.9. The zero-order chi connectivity index (χ0) is 21.4. The lowest BCUT2D eigenvalue weighted by Gasteiger charge is -2.34. The standard InChI is InChI=1S/C17H19BrN2O2S.C2H2O4/c1-22-15-5-4-14(18)11-13(15)12-19-6-8-20(9-7-19)17(21)16-3-2-10-23-16;3-1(4)2(5)6/h2-5,10-11H,6-9,12H2,1H3;(H,3,4)(H,5,6). The van der Waals surface area contributed by atoms with Crippen LogP contribution < -0.4 is 4.74 Å². The summed E-state index contributed by atoms with van der Waals surface area (Å²) < 4.78 is 6.49. The Bertz CT molecular complexity index is 838. The Hall–Kier alpha value is -2.43. The topological polar surface area (TPSA) is 107 Å². The molecule has 8 nitrogen and oxygen atoms in total. The molecule has 0 radical (unpaired) electrons. The van der Waals surface area contributed by atoms with E-state index >= 15 is 0 Å². The molecule has 1 aliphatic heterocycles.